The SMILES string of the molecule is Cc1c(-c2ccc3c(c2)CCCO3)nn(C)c1CN. The van der Waals surface area contributed by atoms with E-state index in [1.165, 1.54) is 11.1 Å². The highest BCUT2D eigenvalue weighted by Crippen LogP contribution is 2.31. The Morgan fingerprint density at radius 3 is 3.00 bits per heavy atom. The Hall–Kier alpha value is -1.81. The third kappa shape index (κ3) is 2.02. The number of fused-ring (bicyclic) bond motifs is 1. The molecule has 0 radical (unpaired) electrons. The molecule has 100 valence electrons. The molecule has 0 aliphatic carbocycles. The predicted molar refractivity (Wildman–Crippen MR) is 75.1 cm³/mol. The van der Waals surface area contributed by atoms with Crippen molar-refractivity contribution in [3.63, 3.8) is 0 Å². The fourth-order valence-electron chi connectivity index (χ4n) is 2.73. The van der Waals surface area contributed by atoms with Gasteiger partial charge in [-0.2, -0.15) is 5.10 Å². The Labute approximate surface area is 113 Å². The van der Waals surface area contributed by atoms with Crippen molar-refractivity contribution in [2.24, 2.45) is 12.8 Å². The quantitative estimate of drug-likeness (QED) is 0.897. The Kier molecular flexibility index (Phi) is 3.03. The van der Waals surface area contributed by atoms with Crippen LogP contribution in [0.25, 0.3) is 11.3 Å². The van der Waals surface area contributed by atoms with Gasteiger partial charge in [-0.25, -0.2) is 0 Å². The number of nitrogens with two attached hydrogens (primary N) is 1. The molecule has 19 heavy (non-hydrogen) atoms. The molecule has 0 bridgehead atoms. The minimum atomic E-state index is 0.517. The van der Waals surface area contributed by atoms with Crippen LogP contribution in [-0.2, 0) is 20.0 Å². The van der Waals surface area contributed by atoms with E-state index < -0.39 is 0 Å². The van der Waals surface area contributed by atoms with E-state index in [1.54, 1.807) is 0 Å². The van der Waals surface area contributed by atoms with Gasteiger partial charge in [-0.05, 0) is 49.1 Å². The summed E-state index contributed by atoms with van der Waals surface area (Å²) in [6.45, 7) is 3.43. The van der Waals surface area contributed by atoms with E-state index in [4.69, 9.17) is 10.5 Å². The number of ether oxygens (including phenoxy) is 1. The molecule has 0 amide bonds. The van der Waals surface area contributed by atoms with Crippen LogP contribution in [0.1, 0.15) is 23.2 Å². The first-order chi connectivity index (χ1) is 9.20. The first kappa shape index (κ1) is 12.2. The lowest BCUT2D eigenvalue weighted by Gasteiger charge is -2.17. The largest absolute Gasteiger partial charge is 0.493 e. The van der Waals surface area contributed by atoms with Gasteiger partial charge in [0.1, 0.15) is 5.75 Å². The average Bonchev–Trinajstić information content (AvgIpc) is 2.73. The molecule has 0 fully saturated rings. The molecule has 0 saturated carbocycles. The normalized spacial score (nSPS) is 14.1. The van der Waals surface area contributed by atoms with Gasteiger partial charge in [0.15, 0.2) is 0 Å². The number of hydrogen-bond acceptors (Lipinski definition) is 3. The van der Waals surface area contributed by atoms with Gasteiger partial charge in [-0.3, -0.25) is 4.68 Å². The van der Waals surface area contributed by atoms with Crippen LogP contribution >= 0.6 is 0 Å². The highest BCUT2D eigenvalue weighted by Gasteiger charge is 2.16. The molecule has 0 saturated heterocycles. The zero-order valence-electron chi connectivity index (χ0n) is 11.4. The van der Waals surface area contributed by atoms with Crippen molar-refractivity contribution in [1.29, 1.82) is 0 Å². The monoisotopic (exact) mass is 257 g/mol. The maximum Gasteiger partial charge on any atom is 0.122 e. The molecule has 2 aromatic rings. The first-order valence-corrected chi connectivity index (χ1v) is 6.69. The summed E-state index contributed by atoms with van der Waals surface area (Å²) >= 11 is 0. The number of benzene rings is 1. The fourth-order valence-corrected chi connectivity index (χ4v) is 2.73. The molecule has 0 atom stereocenters. The molecule has 4 nitrogen and oxygen atoms in total. The van der Waals surface area contributed by atoms with Crippen LogP contribution in [0.15, 0.2) is 18.2 Å². The van der Waals surface area contributed by atoms with Crippen LogP contribution in [0, 0.1) is 6.92 Å². The molecule has 1 aromatic heterocycles. The van der Waals surface area contributed by atoms with Crippen molar-refractivity contribution in [2.45, 2.75) is 26.3 Å². The summed E-state index contributed by atoms with van der Waals surface area (Å²) < 4.78 is 7.52. The second-order valence-corrected chi connectivity index (χ2v) is 5.02. The zero-order chi connectivity index (χ0) is 13.4. The molecular weight excluding hydrogens is 238 g/mol. The summed E-state index contributed by atoms with van der Waals surface area (Å²) in [4.78, 5) is 0. The standard InChI is InChI=1S/C15H19N3O/c1-10-13(9-16)18(2)17-15(10)12-5-6-14-11(8-12)4-3-7-19-14/h5-6,8H,3-4,7,9,16H2,1-2H3. The van der Waals surface area contributed by atoms with Crippen molar-refractivity contribution < 1.29 is 4.74 Å². The van der Waals surface area contributed by atoms with E-state index in [2.05, 4.69) is 30.2 Å². The summed E-state index contributed by atoms with van der Waals surface area (Å²) in [6, 6.07) is 6.34. The van der Waals surface area contributed by atoms with Crippen molar-refractivity contribution in [1.82, 2.24) is 9.78 Å². The van der Waals surface area contributed by atoms with Crippen molar-refractivity contribution in [3.8, 4) is 17.0 Å². The van der Waals surface area contributed by atoms with E-state index in [1.807, 2.05) is 11.7 Å². The highest BCUT2D eigenvalue weighted by molar-refractivity contribution is 5.66. The lowest BCUT2D eigenvalue weighted by molar-refractivity contribution is 0.288. The van der Waals surface area contributed by atoms with Crippen LogP contribution in [0.5, 0.6) is 5.75 Å². The predicted octanol–water partition coefficient (Wildman–Crippen LogP) is 2.18. The second kappa shape index (κ2) is 4.70. The number of aryl methyl sites for hydroxylation is 2. The van der Waals surface area contributed by atoms with E-state index in [-0.39, 0.29) is 0 Å². The minimum absolute atomic E-state index is 0.517. The van der Waals surface area contributed by atoms with Crippen LogP contribution in [-0.4, -0.2) is 16.4 Å². The van der Waals surface area contributed by atoms with Gasteiger partial charge >= 0.3 is 0 Å². The smallest absolute Gasteiger partial charge is 0.122 e. The molecule has 3 rings (SSSR count). The molecule has 2 heterocycles. The van der Waals surface area contributed by atoms with Crippen molar-refractivity contribution in [2.75, 3.05) is 6.61 Å². The van der Waals surface area contributed by atoms with Crippen LogP contribution < -0.4 is 10.5 Å². The van der Waals surface area contributed by atoms with E-state index in [9.17, 15) is 0 Å². The summed E-state index contributed by atoms with van der Waals surface area (Å²) in [6.07, 6.45) is 2.17. The van der Waals surface area contributed by atoms with Gasteiger partial charge in [0.05, 0.1) is 18.0 Å². The van der Waals surface area contributed by atoms with Gasteiger partial charge in [0.2, 0.25) is 0 Å². The van der Waals surface area contributed by atoms with E-state index in [0.29, 0.717) is 6.54 Å². The van der Waals surface area contributed by atoms with E-state index >= 15 is 0 Å². The van der Waals surface area contributed by atoms with Crippen molar-refractivity contribution in [3.05, 3.63) is 35.0 Å². The molecule has 0 unspecified atom stereocenters. The molecule has 1 aliphatic heterocycles. The van der Waals surface area contributed by atoms with Gasteiger partial charge in [0, 0.05) is 19.2 Å². The summed E-state index contributed by atoms with van der Waals surface area (Å²) in [7, 11) is 1.94. The van der Waals surface area contributed by atoms with Crippen LogP contribution in [0.2, 0.25) is 0 Å². The van der Waals surface area contributed by atoms with Gasteiger partial charge in [0.25, 0.3) is 0 Å². The van der Waals surface area contributed by atoms with Gasteiger partial charge < -0.3 is 10.5 Å². The average molecular weight is 257 g/mol. The van der Waals surface area contributed by atoms with Crippen LogP contribution in [0.4, 0.5) is 0 Å². The number of nitrogens with zero attached hydrogens (tertiary/aromatic N) is 2. The molecule has 1 aliphatic rings. The number of rotatable bonds is 2. The van der Waals surface area contributed by atoms with Gasteiger partial charge in [-0.15, -0.1) is 0 Å². The highest BCUT2D eigenvalue weighted by atomic mass is 16.5. The molecule has 0 spiro atoms. The number of aromatic nitrogens is 2. The topological polar surface area (TPSA) is 53.1 Å². The summed E-state index contributed by atoms with van der Waals surface area (Å²) in [5.41, 5.74) is 11.5. The van der Waals surface area contributed by atoms with Crippen LogP contribution in [0.3, 0.4) is 0 Å². The summed E-state index contributed by atoms with van der Waals surface area (Å²) in [5, 5.41) is 4.60. The third-order valence-electron chi connectivity index (χ3n) is 3.80. The third-order valence-corrected chi connectivity index (χ3v) is 3.80. The molecule has 2 N–H and O–H groups in total. The van der Waals surface area contributed by atoms with Crippen molar-refractivity contribution >= 4 is 0 Å². The van der Waals surface area contributed by atoms with Gasteiger partial charge in [-0.1, -0.05) is 0 Å². The maximum atomic E-state index is 5.77. The second-order valence-electron chi connectivity index (χ2n) is 5.02. The maximum absolute atomic E-state index is 5.77. The lowest BCUT2D eigenvalue weighted by Crippen LogP contribution is -2.08. The number of hydrogen-bond donors (Lipinski definition) is 1. The molecule has 1 aromatic carbocycles. The zero-order valence-corrected chi connectivity index (χ0v) is 11.4. The first-order valence-electron chi connectivity index (χ1n) is 6.69. The molecule has 4 heteroatoms. The van der Waals surface area contributed by atoms with E-state index in [0.717, 1.165) is 42.1 Å². The Morgan fingerprint density at radius 2 is 2.26 bits per heavy atom. The minimum Gasteiger partial charge on any atom is -0.493 e. The Bertz CT molecular complexity index is 616. The molecular formula is C15H19N3O. The summed E-state index contributed by atoms with van der Waals surface area (Å²) in [5.74, 6) is 1.02. The Morgan fingerprint density at radius 1 is 1.42 bits per heavy atom. The fraction of sp³-hybridized carbons (Fsp3) is 0.400. The Balaban J connectivity index is 2.07. The lowest BCUT2D eigenvalue weighted by atomic mass is 10.00.